The molecule has 0 saturated heterocycles. The van der Waals surface area contributed by atoms with Crippen LogP contribution in [0.5, 0.6) is 0 Å². The number of hydrogen-bond donors (Lipinski definition) is 0. The van der Waals surface area contributed by atoms with Crippen LogP contribution in [0, 0.1) is 17.2 Å². The number of Topliss-reactive ketones (excluding diaryl/α,β-unsaturated/α-hetero) is 1. The van der Waals surface area contributed by atoms with E-state index in [1.807, 2.05) is 0 Å². The van der Waals surface area contributed by atoms with Gasteiger partial charge < -0.3 is 0 Å². The Labute approximate surface area is 65.3 Å². The minimum atomic E-state index is -0.610. The van der Waals surface area contributed by atoms with E-state index in [2.05, 4.69) is 0 Å². The SMILES string of the molecule is CC(C)C(=O)C(=O)/C=C/C#N. The maximum atomic E-state index is 10.8. The van der Waals surface area contributed by atoms with E-state index in [-0.39, 0.29) is 5.92 Å². The summed E-state index contributed by atoms with van der Waals surface area (Å²) in [6, 6.07) is 1.64. The summed E-state index contributed by atoms with van der Waals surface area (Å²) in [5.41, 5.74) is 0. The van der Waals surface area contributed by atoms with E-state index in [0.717, 1.165) is 12.2 Å². The molecule has 3 nitrogen and oxygen atoms in total. The number of rotatable bonds is 3. The first-order valence-corrected chi connectivity index (χ1v) is 3.24. The van der Waals surface area contributed by atoms with Crippen molar-refractivity contribution in [2.45, 2.75) is 13.8 Å². The van der Waals surface area contributed by atoms with Crippen LogP contribution in [0.4, 0.5) is 0 Å². The molecular weight excluding hydrogens is 142 g/mol. The third-order valence-electron chi connectivity index (χ3n) is 1.08. The van der Waals surface area contributed by atoms with Gasteiger partial charge in [-0.15, -0.1) is 0 Å². The largest absolute Gasteiger partial charge is 0.290 e. The molecule has 0 amide bonds. The lowest BCUT2D eigenvalue weighted by Crippen LogP contribution is -2.16. The van der Waals surface area contributed by atoms with Gasteiger partial charge >= 0.3 is 0 Å². The normalized spacial score (nSPS) is 10.0. The van der Waals surface area contributed by atoms with Crippen LogP contribution < -0.4 is 0 Å². The van der Waals surface area contributed by atoms with E-state index in [1.54, 1.807) is 19.9 Å². The summed E-state index contributed by atoms with van der Waals surface area (Å²) in [5, 5.41) is 8.04. The average molecular weight is 151 g/mol. The van der Waals surface area contributed by atoms with Crippen molar-refractivity contribution in [1.82, 2.24) is 0 Å². The van der Waals surface area contributed by atoms with Gasteiger partial charge in [-0.2, -0.15) is 5.26 Å². The van der Waals surface area contributed by atoms with E-state index in [1.165, 1.54) is 0 Å². The molecule has 0 radical (unpaired) electrons. The van der Waals surface area contributed by atoms with E-state index in [0.29, 0.717) is 0 Å². The summed E-state index contributed by atoms with van der Waals surface area (Å²) in [6.45, 7) is 3.28. The second-order valence-electron chi connectivity index (χ2n) is 2.35. The van der Waals surface area contributed by atoms with Gasteiger partial charge in [0.1, 0.15) is 0 Å². The highest BCUT2D eigenvalue weighted by Gasteiger charge is 2.13. The summed E-state index contributed by atoms with van der Waals surface area (Å²) in [7, 11) is 0. The zero-order chi connectivity index (χ0) is 8.85. The molecule has 0 atom stereocenters. The van der Waals surface area contributed by atoms with Gasteiger partial charge in [-0.05, 0) is 6.08 Å². The van der Waals surface area contributed by atoms with E-state index < -0.39 is 11.6 Å². The first-order chi connectivity index (χ1) is 5.09. The number of carbonyl (C=O) groups excluding carboxylic acids is 2. The molecule has 0 fully saturated rings. The predicted octanol–water partition coefficient (Wildman–Crippen LogP) is 0.860. The smallest absolute Gasteiger partial charge is 0.222 e. The highest BCUT2D eigenvalue weighted by Crippen LogP contribution is 1.95. The molecule has 0 aromatic heterocycles. The Kier molecular flexibility index (Phi) is 3.82. The van der Waals surface area contributed by atoms with Crippen molar-refractivity contribution in [2.75, 3.05) is 0 Å². The zero-order valence-electron chi connectivity index (χ0n) is 6.50. The Morgan fingerprint density at radius 1 is 1.45 bits per heavy atom. The molecule has 58 valence electrons. The highest BCUT2D eigenvalue weighted by molar-refractivity contribution is 6.42. The molecule has 11 heavy (non-hydrogen) atoms. The molecule has 0 heterocycles. The van der Waals surface area contributed by atoms with Crippen LogP contribution in [0.3, 0.4) is 0 Å². The molecule has 0 bridgehead atoms. The fourth-order valence-electron chi connectivity index (χ4n) is 0.480. The molecule has 0 rings (SSSR count). The van der Waals surface area contributed by atoms with Gasteiger partial charge in [0.15, 0.2) is 0 Å². The number of allylic oxidation sites excluding steroid dienone is 2. The Morgan fingerprint density at radius 2 is 2.00 bits per heavy atom. The minimum absolute atomic E-state index is 0.300. The number of carbonyl (C=O) groups is 2. The van der Waals surface area contributed by atoms with Crippen molar-refractivity contribution in [3.63, 3.8) is 0 Å². The molecular formula is C8H9NO2. The molecule has 0 aromatic carbocycles. The van der Waals surface area contributed by atoms with Gasteiger partial charge in [0, 0.05) is 12.0 Å². The molecule has 0 saturated carbocycles. The van der Waals surface area contributed by atoms with Crippen LogP contribution in [-0.4, -0.2) is 11.6 Å². The first-order valence-electron chi connectivity index (χ1n) is 3.24. The maximum absolute atomic E-state index is 10.8. The van der Waals surface area contributed by atoms with Crippen LogP contribution in [0.1, 0.15) is 13.8 Å². The Balaban J connectivity index is 4.18. The van der Waals surface area contributed by atoms with Crippen LogP contribution in [0.15, 0.2) is 12.2 Å². The van der Waals surface area contributed by atoms with Crippen molar-refractivity contribution in [1.29, 1.82) is 5.26 Å². The lowest BCUT2D eigenvalue weighted by Gasteiger charge is -1.96. The summed E-state index contributed by atoms with van der Waals surface area (Å²) < 4.78 is 0. The third kappa shape index (κ3) is 3.31. The molecule has 0 aliphatic heterocycles. The Morgan fingerprint density at radius 3 is 2.36 bits per heavy atom. The minimum Gasteiger partial charge on any atom is -0.290 e. The average Bonchev–Trinajstić information content (AvgIpc) is 1.98. The second kappa shape index (κ2) is 4.40. The molecule has 0 aromatic rings. The molecule has 0 aliphatic rings. The number of nitrogens with zero attached hydrogens (tertiary/aromatic N) is 1. The summed E-state index contributed by atoms with van der Waals surface area (Å²) in [4.78, 5) is 21.6. The number of nitriles is 1. The van der Waals surface area contributed by atoms with E-state index in [9.17, 15) is 9.59 Å². The highest BCUT2D eigenvalue weighted by atomic mass is 16.2. The maximum Gasteiger partial charge on any atom is 0.222 e. The summed E-state index contributed by atoms with van der Waals surface area (Å²) in [6.07, 6.45) is 1.99. The number of ketones is 2. The van der Waals surface area contributed by atoms with Crippen molar-refractivity contribution >= 4 is 11.6 Å². The van der Waals surface area contributed by atoms with E-state index >= 15 is 0 Å². The Bertz CT molecular complexity index is 233. The third-order valence-corrected chi connectivity index (χ3v) is 1.08. The van der Waals surface area contributed by atoms with Crippen molar-refractivity contribution in [2.24, 2.45) is 5.92 Å². The van der Waals surface area contributed by atoms with Crippen molar-refractivity contribution in [3.8, 4) is 6.07 Å². The molecule has 0 N–H and O–H groups in total. The predicted molar refractivity (Wildman–Crippen MR) is 39.6 cm³/mol. The van der Waals surface area contributed by atoms with E-state index in [4.69, 9.17) is 5.26 Å². The lowest BCUT2D eigenvalue weighted by molar-refractivity contribution is -0.135. The topological polar surface area (TPSA) is 57.9 Å². The number of hydrogen-bond acceptors (Lipinski definition) is 3. The van der Waals surface area contributed by atoms with Gasteiger partial charge in [0.25, 0.3) is 0 Å². The molecule has 0 aliphatic carbocycles. The van der Waals surface area contributed by atoms with Crippen molar-refractivity contribution in [3.05, 3.63) is 12.2 Å². The standard InChI is InChI=1S/C8H9NO2/c1-6(2)8(11)7(10)4-3-5-9/h3-4,6H,1-2H3/b4-3+. The zero-order valence-corrected chi connectivity index (χ0v) is 6.50. The fraction of sp³-hybridized carbons (Fsp3) is 0.375. The Hall–Kier alpha value is -1.43. The van der Waals surface area contributed by atoms with Gasteiger partial charge in [0.2, 0.25) is 11.6 Å². The molecule has 0 spiro atoms. The molecule has 0 unspecified atom stereocenters. The van der Waals surface area contributed by atoms with Gasteiger partial charge in [-0.3, -0.25) is 9.59 Å². The van der Waals surface area contributed by atoms with Crippen molar-refractivity contribution < 1.29 is 9.59 Å². The first kappa shape index (κ1) is 9.57. The van der Waals surface area contributed by atoms with Gasteiger partial charge in [0.05, 0.1) is 6.07 Å². The quantitative estimate of drug-likeness (QED) is 0.341. The summed E-state index contributed by atoms with van der Waals surface area (Å²) >= 11 is 0. The van der Waals surface area contributed by atoms with Crippen LogP contribution >= 0.6 is 0 Å². The monoisotopic (exact) mass is 151 g/mol. The fourth-order valence-corrected chi connectivity index (χ4v) is 0.480. The second-order valence-corrected chi connectivity index (χ2v) is 2.35. The lowest BCUT2D eigenvalue weighted by atomic mass is 10.1. The van der Waals surface area contributed by atoms with Gasteiger partial charge in [-0.1, -0.05) is 13.8 Å². The van der Waals surface area contributed by atoms with Crippen LogP contribution in [0.25, 0.3) is 0 Å². The summed E-state index contributed by atoms with van der Waals surface area (Å²) in [5.74, 6) is -1.37. The van der Waals surface area contributed by atoms with Crippen LogP contribution in [-0.2, 0) is 9.59 Å². The van der Waals surface area contributed by atoms with Crippen LogP contribution in [0.2, 0.25) is 0 Å². The van der Waals surface area contributed by atoms with Gasteiger partial charge in [-0.25, -0.2) is 0 Å². The molecule has 3 heteroatoms.